The van der Waals surface area contributed by atoms with E-state index in [1.54, 1.807) is 6.08 Å². The Morgan fingerprint density at radius 2 is 1.58 bits per heavy atom. The standard InChI is InChI=1S/C22H30O2.C5H10.C2H6.C2H4/c1-4-20(24)19-8-7-17-16-6-5-14-13-15(23)9-11-21(14,2)18(16)10-12-22(17,19)3;1-2-4-5-3-1;2*1-2/h9,11,13,16-19H,4-8,10,12H2,1-3H3;1-5H2;1-2H3;1-2H2. The third-order valence-corrected chi connectivity index (χ3v) is 9.54. The van der Waals surface area contributed by atoms with Crippen LogP contribution in [0, 0.1) is 34.5 Å². The molecule has 0 radical (unpaired) electrons. The lowest BCUT2D eigenvalue weighted by molar-refractivity contribution is -0.129. The summed E-state index contributed by atoms with van der Waals surface area (Å²) >= 11 is 0. The molecule has 6 unspecified atom stereocenters. The summed E-state index contributed by atoms with van der Waals surface area (Å²) in [5.74, 6) is 3.01. The van der Waals surface area contributed by atoms with Crippen LogP contribution in [0.5, 0.6) is 0 Å². The Morgan fingerprint density at radius 1 is 0.970 bits per heavy atom. The molecule has 0 amide bonds. The molecule has 0 aromatic heterocycles. The summed E-state index contributed by atoms with van der Waals surface area (Å²) in [6, 6.07) is 0. The number of carbonyl (C=O) groups is 2. The third kappa shape index (κ3) is 5.46. The molecule has 6 atom stereocenters. The lowest BCUT2D eigenvalue weighted by atomic mass is 9.47. The number of hydrogen-bond acceptors (Lipinski definition) is 2. The van der Waals surface area contributed by atoms with E-state index in [-0.39, 0.29) is 16.6 Å². The van der Waals surface area contributed by atoms with Crippen LogP contribution in [0.3, 0.4) is 0 Å². The molecule has 186 valence electrons. The monoisotopic (exact) mass is 454 g/mol. The van der Waals surface area contributed by atoms with Crippen molar-refractivity contribution in [1.82, 2.24) is 0 Å². The Labute approximate surface area is 204 Å². The first kappa shape index (κ1) is 27.8. The molecule has 5 aliphatic carbocycles. The third-order valence-electron chi connectivity index (χ3n) is 9.54. The first-order valence-corrected chi connectivity index (χ1v) is 13.9. The molecule has 0 spiro atoms. The van der Waals surface area contributed by atoms with E-state index in [1.807, 2.05) is 26.8 Å². The Hall–Kier alpha value is -1.44. The van der Waals surface area contributed by atoms with E-state index >= 15 is 0 Å². The highest BCUT2D eigenvalue weighted by Gasteiger charge is 2.59. The number of ketones is 2. The van der Waals surface area contributed by atoms with Gasteiger partial charge < -0.3 is 0 Å². The fourth-order valence-corrected chi connectivity index (χ4v) is 7.86. The SMILES string of the molecule is C1CCCC1.C=C.CC.CCC(=O)C1CCC2C3CCC4=CC(=O)C=CC4(C)C3CCC12C. The number of carbonyl (C=O) groups excluding carboxylic acids is 2. The number of fused-ring (bicyclic) bond motifs is 5. The fraction of sp³-hybridized carbons (Fsp3) is 0.742. The van der Waals surface area contributed by atoms with Gasteiger partial charge in [0.05, 0.1) is 0 Å². The van der Waals surface area contributed by atoms with E-state index in [2.05, 4.69) is 33.1 Å². The van der Waals surface area contributed by atoms with E-state index in [4.69, 9.17) is 0 Å². The van der Waals surface area contributed by atoms with Crippen molar-refractivity contribution >= 4 is 11.6 Å². The maximum atomic E-state index is 12.5. The van der Waals surface area contributed by atoms with E-state index in [0.717, 1.165) is 18.8 Å². The summed E-state index contributed by atoms with van der Waals surface area (Å²) in [5.41, 5.74) is 1.66. The molecule has 0 aromatic carbocycles. The minimum atomic E-state index is 0.0744. The summed E-state index contributed by atoms with van der Waals surface area (Å²) in [6.07, 6.45) is 21.1. The predicted molar refractivity (Wildman–Crippen MR) is 141 cm³/mol. The van der Waals surface area contributed by atoms with Crippen LogP contribution in [0.4, 0.5) is 0 Å². The van der Waals surface area contributed by atoms with Gasteiger partial charge in [0.2, 0.25) is 0 Å². The van der Waals surface area contributed by atoms with Gasteiger partial charge in [-0.15, -0.1) is 13.2 Å². The first-order valence-electron chi connectivity index (χ1n) is 13.9. The molecule has 0 bridgehead atoms. The van der Waals surface area contributed by atoms with Gasteiger partial charge >= 0.3 is 0 Å². The van der Waals surface area contributed by atoms with Gasteiger partial charge in [-0.1, -0.05) is 78.4 Å². The minimum Gasteiger partial charge on any atom is -0.299 e. The Morgan fingerprint density at radius 3 is 2.15 bits per heavy atom. The molecule has 5 aliphatic rings. The van der Waals surface area contributed by atoms with Crippen molar-refractivity contribution in [2.75, 3.05) is 0 Å². The zero-order valence-corrected chi connectivity index (χ0v) is 22.3. The lowest BCUT2D eigenvalue weighted by Crippen LogP contribution is -2.50. The molecular weight excluding hydrogens is 404 g/mol. The van der Waals surface area contributed by atoms with Crippen LogP contribution in [-0.2, 0) is 9.59 Å². The fourth-order valence-electron chi connectivity index (χ4n) is 7.86. The quantitative estimate of drug-likeness (QED) is 0.391. The molecule has 0 saturated heterocycles. The number of rotatable bonds is 2. The van der Waals surface area contributed by atoms with Crippen LogP contribution in [0.15, 0.2) is 37.0 Å². The van der Waals surface area contributed by atoms with Crippen LogP contribution < -0.4 is 0 Å². The highest BCUT2D eigenvalue weighted by molar-refractivity contribution is 6.01. The molecular formula is C31H50O2. The Balaban J connectivity index is 0.000000368. The maximum absolute atomic E-state index is 12.5. The second kappa shape index (κ2) is 12.3. The molecule has 4 fully saturated rings. The highest BCUT2D eigenvalue weighted by Crippen LogP contribution is 2.66. The van der Waals surface area contributed by atoms with E-state index in [0.29, 0.717) is 30.0 Å². The van der Waals surface area contributed by atoms with E-state index in [9.17, 15) is 9.59 Å². The van der Waals surface area contributed by atoms with Gasteiger partial charge in [0.15, 0.2) is 5.78 Å². The molecule has 0 heterocycles. The zero-order valence-electron chi connectivity index (χ0n) is 22.3. The van der Waals surface area contributed by atoms with Crippen molar-refractivity contribution in [3.63, 3.8) is 0 Å². The van der Waals surface area contributed by atoms with Crippen LogP contribution in [0.2, 0.25) is 0 Å². The maximum Gasteiger partial charge on any atom is 0.178 e. The summed E-state index contributed by atoms with van der Waals surface area (Å²) in [6.45, 7) is 16.8. The Kier molecular flexibility index (Phi) is 10.4. The van der Waals surface area contributed by atoms with Gasteiger partial charge in [0.1, 0.15) is 5.78 Å². The number of Topliss-reactive ketones (excluding diaryl/α,β-unsaturated/α-hetero) is 1. The van der Waals surface area contributed by atoms with Crippen LogP contribution in [-0.4, -0.2) is 11.6 Å². The molecule has 5 rings (SSSR count). The Bertz CT molecular complexity index is 720. The van der Waals surface area contributed by atoms with Gasteiger partial charge in [-0.2, -0.15) is 0 Å². The molecule has 2 heteroatoms. The van der Waals surface area contributed by atoms with Crippen molar-refractivity contribution in [3.05, 3.63) is 37.0 Å². The van der Waals surface area contributed by atoms with Crippen molar-refractivity contribution in [1.29, 1.82) is 0 Å². The van der Waals surface area contributed by atoms with Gasteiger partial charge in [0.25, 0.3) is 0 Å². The molecule has 4 saturated carbocycles. The largest absolute Gasteiger partial charge is 0.299 e. The average molecular weight is 455 g/mol. The van der Waals surface area contributed by atoms with Crippen molar-refractivity contribution in [2.45, 2.75) is 112 Å². The molecule has 2 nitrogen and oxygen atoms in total. The first-order chi connectivity index (χ1) is 15.9. The van der Waals surface area contributed by atoms with E-state index < -0.39 is 0 Å². The van der Waals surface area contributed by atoms with Crippen LogP contribution in [0.25, 0.3) is 0 Å². The zero-order chi connectivity index (χ0) is 24.6. The highest BCUT2D eigenvalue weighted by atomic mass is 16.1. The summed E-state index contributed by atoms with van der Waals surface area (Å²) in [5, 5.41) is 0. The van der Waals surface area contributed by atoms with Crippen molar-refractivity contribution in [3.8, 4) is 0 Å². The normalized spacial score (nSPS) is 38.0. The summed E-state index contributed by atoms with van der Waals surface area (Å²) in [7, 11) is 0. The smallest absolute Gasteiger partial charge is 0.178 e. The van der Waals surface area contributed by atoms with Gasteiger partial charge in [-0.05, 0) is 73.8 Å². The second-order valence-electron chi connectivity index (χ2n) is 10.9. The molecule has 0 aromatic rings. The average Bonchev–Trinajstić information content (AvgIpc) is 3.53. The van der Waals surface area contributed by atoms with Crippen LogP contribution >= 0.6 is 0 Å². The number of allylic oxidation sites excluding steroid dienone is 4. The predicted octanol–water partition coefficient (Wildman–Crippen LogP) is 8.67. The van der Waals surface area contributed by atoms with Crippen molar-refractivity contribution in [2.24, 2.45) is 34.5 Å². The summed E-state index contributed by atoms with van der Waals surface area (Å²) in [4.78, 5) is 24.3. The minimum absolute atomic E-state index is 0.0744. The van der Waals surface area contributed by atoms with Gasteiger partial charge in [-0.25, -0.2) is 0 Å². The second-order valence-corrected chi connectivity index (χ2v) is 10.9. The molecule has 0 N–H and O–H groups in total. The van der Waals surface area contributed by atoms with Gasteiger partial charge in [-0.3, -0.25) is 9.59 Å². The van der Waals surface area contributed by atoms with Crippen LogP contribution in [0.1, 0.15) is 112 Å². The lowest BCUT2D eigenvalue weighted by Gasteiger charge is -2.57. The topological polar surface area (TPSA) is 34.1 Å². The van der Waals surface area contributed by atoms with E-state index in [1.165, 1.54) is 63.4 Å². The molecule has 33 heavy (non-hydrogen) atoms. The summed E-state index contributed by atoms with van der Waals surface area (Å²) < 4.78 is 0. The molecule has 0 aliphatic heterocycles. The number of hydrogen-bond donors (Lipinski definition) is 0. The van der Waals surface area contributed by atoms with Crippen molar-refractivity contribution < 1.29 is 9.59 Å². The van der Waals surface area contributed by atoms with Gasteiger partial charge in [0, 0.05) is 17.8 Å².